The van der Waals surface area contributed by atoms with Gasteiger partial charge in [-0.2, -0.15) is 0 Å². The molecule has 0 saturated carbocycles. The van der Waals surface area contributed by atoms with E-state index in [2.05, 4.69) is 12.2 Å². The van der Waals surface area contributed by atoms with Gasteiger partial charge in [0, 0.05) is 31.1 Å². The molecule has 2 aliphatic rings. The number of nitrogens with one attached hydrogen (secondary N) is 1. The molecule has 4 heteroatoms. The van der Waals surface area contributed by atoms with Crippen LogP contribution in [0.1, 0.15) is 34.1 Å². The largest absolute Gasteiger partial charge is 0.444 e. The lowest BCUT2D eigenvalue weighted by Gasteiger charge is -2.54. The monoisotopic (exact) mass is 226 g/mol. The maximum Gasteiger partial charge on any atom is 0.410 e. The summed E-state index contributed by atoms with van der Waals surface area (Å²) in [6.07, 6.45) is 0.870. The zero-order chi connectivity index (χ0) is 12.0. The number of piperidine rings is 1. The Morgan fingerprint density at radius 3 is 2.62 bits per heavy atom. The summed E-state index contributed by atoms with van der Waals surface area (Å²) in [4.78, 5) is 13.8. The minimum atomic E-state index is -0.396. The molecule has 0 aromatic heterocycles. The summed E-state index contributed by atoms with van der Waals surface area (Å²) in [6.45, 7) is 10.6. The second kappa shape index (κ2) is 3.62. The molecule has 0 unspecified atom stereocenters. The molecule has 2 fully saturated rings. The molecule has 0 aromatic rings. The quantitative estimate of drug-likeness (QED) is 0.682. The Labute approximate surface area is 97.3 Å². The highest BCUT2D eigenvalue weighted by Crippen LogP contribution is 2.36. The predicted molar refractivity (Wildman–Crippen MR) is 62.3 cm³/mol. The first kappa shape index (κ1) is 11.7. The zero-order valence-electron chi connectivity index (χ0n) is 10.7. The van der Waals surface area contributed by atoms with Gasteiger partial charge < -0.3 is 15.0 Å². The van der Waals surface area contributed by atoms with Crippen molar-refractivity contribution in [2.45, 2.75) is 45.8 Å². The van der Waals surface area contributed by atoms with Gasteiger partial charge in [-0.15, -0.1) is 0 Å². The third kappa shape index (κ3) is 2.17. The zero-order valence-corrected chi connectivity index (χ0v) is 10.7. The Hall–Kier alpha value is -0.770. The fourth-order valence-corrected chi connectivity index (χ4v) is 2.49. The number of hydrogen-bond donors (Lipinski definition) is 1. The summed E-state index contributed by atoms with van der Waals surface area (Å²) in [7, 11) is 0. The van der Waals surface area contributed by atoms with Crippen molar-refractivity contribution in [1.29, 1.82) is 0 Å². The van der Waals surface area contributed by atoms with Crippen LogP contribution < -0.4 is 5.32 Å². The van der Waals surface area contributed by atoms with Crippen LogP contribution in [0.5, 0.6) is 0 Å². The van der Waals surface area contributed by atoms with E-state index in [1.54, 1.807) is 0 Å². The minimum Gasteiger partial charge on any atom is -0.444 e. The van der Waals surface area contributed by atoms with Gasteiger partial charge in [0.05, 0.1) is 0 Å². The lowest BCUT2D eigenvalue weighted by molar-refractivity contribution is -0.0245. The minimum absolute atomic E-state index is 0.168. The Morgan fingerprint density at radius 1 is 1.50 bits per heavy atom. The van der Waals surface area contributed by atoms with E-state index < -0.39 is 5.60 Å². The molecule has 92 valence electrons. The van der Waals surface area contributed by atoms with Crippen LogP contribution in [0.15, 0.2) is 0 Å². The summed E-state index contributed by atoms with van der Waals surface area (Å²) >= 11 is 0. The summed E-state index contributed by atoms with van der Waals surface area (Å²) in [6, 6.07) is 0.589. The molecule has 1 N–H and O–H groups in total. The van der Waals surface area contributed by atoms with E-state index in [9.17, 15) is 4.79 Å². The smallest absolute Gasteiger partial charge is 0.410 e. The van der Waals surface area contributed by atoms with Crippen LogP contribution in [0.4, 0.5) is 4.79 Å². The van der Waals surface area contributed by atoms with Crippen LogP contribution in [-0.2, 0) is 4.74 Å². The van der Waals surface area contributed by atoms with Crippen LogP contribution in [0.25, 0.3) is 0 Å². The molecule has 16 heavy (non-hydrogen) atoms. The van der Waals surface area contributed by atoms with Crippen molar-refractivity contribution < 1.29 is 9.53 Å². The van der Waals surface area contributed by atoms with Crippen molar-refractivity contribution in [2.75, 3.05) is 19.6 Å². The molecule has 2 aliphatic heterocycles. The number of hydrogen-bond acceptors (Lipinski definition) is 3. The SMILES string of the molecule is CC(C)(C)OC(=O)N1CC[C@H]2NC[C@]2(C)C1. The molecule has 2 heterocycles. The summed E-state index contributed by atoms with van der Waals surface area (Å²) < 4.78 is 5.40. The maximum absolute atomic E-state index is 11.9. The van der Waals surface area contributed by atoms with Gasteiger partial charge in [-0.05, 0) is 27.2 Å². The van der Waals surface area contributed by atoms with Crippen molar-refractivity contribution >= 4 is 6.09 Å². The second-order valence-corrected chi connectivity index (χ2v) is 6.28. The number of amides is 1. The molecule has 2 rings (SSSR count). The van der Waals surface area contributed by atoms with E-state index in [-0.39, 0.29) is 11.5 Å². The van der Waals surface area contributed by atoms with E-state index >= 15 is 0 Å². The van der Waals surface area contributed by atoms with E-state index in [0.29, 0.717) is 6.04 Å². The third-order valence-corrected chi connectivity index (χ3v) is 3.49. The van der Waals surface area contributed by atoms with Gasteiger partial charge in [-0.25, -0.2) is 4.79 Å². The second-order valence-electron chi connectivity index (χ2n) is 6.28. The van der Waals surface area contributed by atoms with Crippen LogP contribution in [-0.4, -0.2) is 42.3 Å². The average Bonchev–Trinajstić information content (AvgIpc) is 2.09. The molecule has 0 aromatic carbocycles. The Morgan fingerprint density at radius 2 is 2.19 bits per heavy atom. The number of rotatable bonds is 0. The highest BCUT2D eigenvalue weighted by Gasteiger charge is 2.47. The van der Waals surface area contributed by atoms with Gasteiger partial charge in [-0.3, -0.25) is 0 Å². The van der Waals surface area contributed by atoms with Crippen LogP contribution in [0.2, 0.25) is 0 Å². The molecule has 0 aliphatic carbocycles. The molecule has 4 nitrogen and oxygen atoms in total. The van der Waals surface area contributed by atoms with Crippen molar-refractivity contribution in [3.63, 3.8) is 0 Å². The van der Waals surface area contributed by atoms with Gasteiger partial charge in [0.15, 0.2) is 0 Å². The van der Waals surface area contributed by atoms with E-state index in [1.807, 2.05) is 25.7 Å². The molecule has 0 bridgehead atoms. The molecule has 0 spiro atoms. The molecule has 2 atom stereocenters. The molecule has 2 saturated heterocycles. The van der Waals surface area contributed by atoms with Crippen molar-refractivity contribution in [1.82, 2.24) is 10.2 Å². The number of fused-ring (bicyclic) bond motifs is 1. The topological polar surface area (TPSA) is 41.6 Å². The standard InChI is InChI=1S/C12H22N2O2/c1-11(2,3)16-10(15)14-6-5-9-12(4,8-14)7-13-9/h9,13H,5-8H2,1-4H3/t9-,12-/m1/s1. The number of ether oxygens (including phenoxy) is 1. The molecular weight excluding hydrogens is 204 g/mol. The first-order chi connectivity index (χ1) is 7.30. The highest BCUT2D eigenvalue weighted by molar-refractivity contribution is 5.68. The van der Waals surface area contributed by atoms with Crippen molar-refractivity contribution in [3.8, 4) is 0 Å². The molecule has 1 amide bonds. The Bertz CT molecular complexity index is 298. The van der Waals surface area contributed by atoms with Crippen molar-refractivity contribution in [3.05, 3.63) is 0 Å². The Balaban J connectivity index is 1.93. The van der Waals surface area contributed by atoms with E-state index in [0.717, 1.165) is 26.1 Å². The first-order valence-electron chi connectivity index (χ1n) is 6.01. The lowest BCUT2D eigenvalue weighted by Crippen LogP contribution is -2.69. The number of nitrogens with zero attached hydrogens (tertiary/aromatic N) is 1. The number of likely N-dealkylation sites (tertiary alicyclic amines) is 1. The van der Waals surface area contributed by atoms with Gasteiger partial charge in [0.2, 0.25) is 0 Å². The van der Waals surface area contributed by atoms with Crippen molar-refractivity contribution in [2.24, 2.45) is 5.41 Å². The predicted octanol–water partition coefficient (Wildman–Crippen LogP) is 1.61. The van der Waals surface area contributed by atoms with Gasteiger partial charge in [-0.1, -0.05) is 6.92 Å². The molecule has 0 radical (unpaired) electrons. The molecular formula is C12H22N2O2. The summed E-state index contributed by atoms with van der Waals surface area (Å²) in [5.74, 6) is 0. The van der Waals surface area contributed by atoms with E-state index in [4.69, 9.17) is 4.74 Å². The highest BCUT2D eigenvalue weighted by atomic mass is 16.6. The Kier molecular flexibility index (Phi) is 2.65. The fraction of sp³-hybridized carbons (Fsp3) is 0.917. The van der Waals surface area contributed by atoms with Crippen LogP contribution >= 0.6 is 0 Å². The normalized spacial score (nSPS) is 34.0. The number of carbonyl (C=O) groups is 1. The van der Waals surface area contributed by atoms with Gasteiger partial charge >= 0.3 is 6.09 Å². The fourth-order valence-electron chi connectivity index (χ4n) is 2.49. The maximum atomic E-state index is 11.9. The summed E-state index contributed by atoms with van der Waals surface area (Å²) in [5.41, 5.74) is -0.137. The third-order valence-electron chi connectivity index (χ3n) is 3.49. The lowest BCUT2D eigenvalue weighted by atomic mass is 9.71. The van der Waals surface area contributed by atoms with E-state index in [1.165, 1.54) is 0 Å². The number of carbonyl (C=O) groups excluding carboxylic acids is 1. The van der Waals surface area contributed by atoms with Crippen LogP contribution in [0, 0.1) is 5.41 Å². The van der Waals surface area contributed by atoms with Gasteiger partial charge in [0.25, 0.3) is 0 Å². The first-order valence-corrected chi connectivity index (χ1v) is 6.01. The average molecular weight is 226 g/mol. The van der Waals surface area contributed by atoms with Gasteiger partial charge in [0.1, 0.15) is 5.60 Å². The van der Waals surface area contributed by atoms with Crippen LogP contribution in [0.3, 0.4) is 0 Å². The summed E-state index contributed by atoms with van der Waals surface area (Å²) in [5, 5.41) is 3.42.